The highest BCUT2D eigenvalue weighted by atomic mass is 16.6. The number of rotatable bonds is 26. The highest BCUT2D eigenvalue weighted by Crippen LogP contribution is 2.24. The fourth-order valence-electron chi connectivity index (χ4n) is 6.47. The SMILES string of the molecule is C=CC(=O)OC.C=CC(=O)OCCCOC.C=CC(=O)OCCCOc1ccc(C(=O)OC)cc1.C=CC(=O)OCCCOc1ccc2cc(C(=O)OC)ccc2c1.C=CC(=O)Oc1ccc(C(=O)OC)cc1.C=CC(=O)Oc1ccc2cc(C(=O)OC)ccc2c1. The van der Waals surface area contributed by atoms with Crippen molar-refractivity contribution in [3.63, 3.8) is 0 Å². The molecule has 0 radical (unpaired) electrons. The number of esters is 10. The van der Waals surface area contributed by atoms with Crippen LogP contribution in [-0.4, -0.2) is 142 Å². The number of ether oxygens (including phenoxy) is 13. The van der Waals surface area contributed by atoms with Crippen LogP contribution in [0.4, 0.5) is 0 Å². The molecule has 6 rings (SSSR count). The fourth-order valence-corrected chi connectivity index (χ4v) is 6.47. The van der Waals surface area contributed by atoms with E-state index in [9.17, 15) is 47.9 Å². The summed E-state index contributed by atoms with van der Waals surface area (Å²) >= 11 is 0. The molecule has 0 bridgehead atoms. The molecule has 23 nitrogen and oxygen atoms in total. The molecule has 0 heterocycles. The van der Waals surface area contributed by atoms with Crippen LogP contribution in [0.5, 0.6) is 23.0 Å². The minimum atomic E-state index is -0.541. The third-order valence-corrected chi connectivity index (χ3v) is 11.0. The summed E-state index contributed by atoms with van der Waals surface area (Å²) in [6, 6.07) is 33.9. The summed E-state index contributed by atoms with van der Waals surface area (Å²) in [5.74, 6) is -2.11. The van der Waals surface area contributed by atoms with Gasteiger partial charge in [-0.25, -0.2) is 47.9 Å². The molecule has 6 aromatic carbocycles. The Morgan fingerprint density at radius 3 is 0.946 bits per heavy atom. The van der Waals surface area contributed by atoms with Gasteiger partial charge in [-0.3, -0.25) is 0 Å². The zero-order valence-corrected chi connectivity index (χ0v) is 52.0. The number of hydrogen-bond acceptors (Lipinski definition) is 23. The first-order valence-corrected chi connectivity index (χ1v) is 27.4. The first-order chi connectivity index (χ1) is 44.2. The van der Waals surface area contributed by atoms with Crippen molar-refractivity contribution >= 4 is 81.2 Å². The van der Waals surface area contributed by atoms with Crippen molar-refractivity contribution in [3.8, 4) is 23.0 Å². The Balaban J connectivity index is 0.000000573. The Hall–Kier alpha value is -11.5. The van der Waals surface area contributed by atoms with E-state index >= 15 is 0 Å². The van der Waals surface area contributed by atoms with Crippen molar-refractivity contribution in [2.45, 2.75) is 19.3 Å². The lowest BCUT2D eigenvalue weighted by molar-refractivity contribution is -0.138. The molecule has 0 amide bonds. The molecule has 0 unspecified atom stereocenters. The van der Waals surface area contributed by atoms with Gasteiger partial charge >= 0.3 is 59.7 Å². The van der Waals surface area contributed by atoms with E-state index in [1.54, 1.807) is 79.9 Å². The third-order valence-electron chi connectivity index (χ3n) is 11.0. The second-order valence-corrected chi connectivity index (χ2v) is 17.3. The Labute approximate surface area is 532 Å². The van der Waals surface area contributed by atoms with Gasteiger partial charge in [0.1, 0.15) is 23.0 Å². The van der Waals surface area contributed by atoms with Crippen LogP contribution in [0.1, 0.15) is 60.7 Å². The topological polar surface area (TPSA) is 291 Å². The lowest BCUT2D eigenvalue weighted by atomic mass is 10.1. The average molecular weight is 1270 g/mol. The van der Waals surface area contributed by atoms with Crippen molar-refractivity contribution in [2.75, 3.05) is 82.3 Å². The monoisotopic (exact) mass is 1270 g/mol. The Morgan fingerprint density at radius 2 is 0.587 bits per heavy atom. The zero-order valence-electron chi connectivity index (χ0n) is 52.0. The third kappa shape index (κ3) is 32.5. The molecule has 6 aromatic rings. The van der Waals surface area contributed by atoms with Crippen molar-refractivity contribution in [1.82, 2.24) is 0 Å². The van der Waals surface area contributed by atoms with Crippen molar-refractivity contribution in [1.29, 1.82) is 0 Å². The highest BCUT2D eigenvalue weighted by molar-refractivity contribution is 5.97. The number of methoxy groups -OCH3 is 6. The van der Waals surface area contributed by atoms with Crippen LogP contribution >= 0.6 is 0 Å². The van der Waals surface area contributed by atoms with Crippen LogP contribution in [0.2, 0.25) is 0 Å². The Morgan fingerprint density at radius 1 is 0.293 bits per heavy atom. The van der Waals surface area contributed by atoms with E-state index in [-0.39, 0.29) is 30.5 Å². The van der Waals surface area contributed by atoms with Crippen LogP contribution in [0.3, 0.4) is 0 Å². The van der Waals surface area contributed by atoms with E-state index in [0.29, 0.717) is 85.4 Å². The minimum Gasteiger partial charge on any atom is -0.493 e. The summed E-state index contributed by atoms with van der Waals surface area (Å²) in [7, 11) is 8.24. The minimum absolute atomic E-state index is 0.283. The summed E-state index contributed by atoms with van der Waals surface area (Å²) in [5, 5.41) is 3.62. The Kier molecular flexibility index (Phi) is 39.8. The average Bonchev–Trinajstić information content (AvgIpc) is 0.877. The van der Waals surface area contributed by atoms with E-state index < -0.39 is 35.8 Å². The van der Waals surface area contributed by atoms with E-state index in [2.05, 4.69) is 63.2 Å². The molecule has 92 heavy (non-hydrogen) atoms. The zero-order chi connectivity index (χ0) is 68.6. The maximum absolute atomic E-state index is 11.5. The standard InChI is InChI=1S/C18H18O5.C15H12O4.C14H16O5.C11H10O4.C7H12O3.C4H6O2/c1-3-17(19)23-10-4-9-22-16-8-7-13-11-15(18(20)21-2)6-5-14(13)12-16;1-3-14(16)19-13-7-6-10-8-12(15(17)18-2)5-4-11(10)9-13;1-3-13(15)19-10-4-9-18-12-7-5-11(6-8-12)14(16)17-2;1-3-10(12)15-9-6-4-8(5-7-9)11(13)14-2;1-3-7(8)10-6-4-5-9-2;1-3-4(5)6-2/h3,5-8,11-12H,1,4,9-10H2,2H3;3-9H,1H2,2H3;3,5-8H,1,4,9-10H2,2H3;3-7H,1H2,2H3;3H,1,4-6H2,2H3;3H,1H2,2H3. The predicted octanol–water partition coefficient (Wildman–Crippen LogP) is 10.5. The van der Waals surface area contributed by atoms with Crippen LogP contribution < -0.4 is 18.9 Å². The van der Waals surface area contributed by atoms with Gasteiger partial charge in [-0.2, -0.15) is 0 Å². The molecule has 23 heteroatoms. The molecule has 0 N–H and O–H groups in total. The second kappa shape index (κ2) is 46.7. The lowest BCUT2D eigenvalue weighted by Gasteiger charge is -2.08. The van der Waals surface area contributed by atoms with E-state index in [4.69, 9.17) is 37.9 Å². The maximum atomic E-state index is 11.5. The number of carbonyl (C=O) groups is 10. The summed E-state index contributed by atoms with van der Waals surface area (Å²) in [4.78, 5) is 109. The van der Waals surface area contributed by atoms with E-state index in [0.717, 1.165) is 70.2 Å². The van der Waals surface area contributed by atoms with Gasteiger partial charge in [0, 0.05) is 69.4 Å². The molecule has 0 spiro atoms. The van der Waals surface area contributed by atoms with Gasteiger partial charge in [0.05, 0.1) is 90.8 Å². The number of benzene rings is 6. The molecule has 0 aliphatic carbocycles. The molecule has 0 aliphatic heterocycles. The van der Waals surface area contributed by atoms with Gasteiger partial charge in [-0.15, -0.1) is 0 Å². The van der Waals surface area contributed by atoms with Gasteiger partial charge in [-0.05, 0) is 119 Å². The molecule has 0 aromatic heterocycles. The molecule has 0 saturated carbocycles. The molecular weight excluding hydrogens is 1200 g/mol. The molecule has 488 valence electrons. The number of carbonyl (C=O) groups excluding carboxylic acids is 10. The molecular formula is C69H74O23. The smallest absolute Gasteiger partial charge is 0.337 e. The van der Waals surface area contributed by atoms with Crippen LogP contribution in [-0.2, 0) is 71.4 Å². The van der Waals surface area contributed by atoms with E-state index in [1.807, 2.05) is 24.3 Å². The highest BCUT2D eigenvalue weighted by Gasteiger charge is 2.11. The maximum Gasteiger partial charge on any atom is 0.337 e. The number of hydrogen-bond donors (Lipinski definition) is 0. The van der Waals surface area contributed by atoms with Crippen LogP contribution in [0.15, 0.2) is 197 Å². The summed E-state index contributed by atoms with van der Waals surface area (Å²) < 4.78 is 62.5. The van der Waals surface area contributed by atoms with Crippen LogP contribution in [0, 0.1) is 0 Å². The second-order valence-electron chi connectivity index (χ2n) is 17.3. The van der Waals surface area contributed by atoms with Crippen molar-refractivity contribution < 1.29 is 110 Å². The first kappa shape index (κ1) is 78.6. The van der Waals surface area contributed by atoms with Gasteiger partial charge in [0.25, 0.3) is 0 Å². The summed E-state index contributed by atoms with van der Waals surface area (Å²) in [6.07, 6.45) is 8.58. The normalized spacial score (nSPS) is 9.46. The largest absolute Gasteiger partial charge is 0.493 e. The van der Waals surface area contributed by atoms with Crippen molar-refractivity contribution in [3.05, 3.63) is 220 Å². The van der Waals surface area contributed by atoms with Gasteiger partial charge in [-0.1, -0.05) is 63.7 Å². The van der Waals surface area contributed by atoms with Gasteiger partial charge < -0.3 is 61.6 Å². The first-order valence-electron chi connectivity index (χ1n) is 27.4. The number of fused-ring (bicyclic) bond motifs is 2. The van der Waals surface area contributed by atoms with E-state index in [1.165, 1.54) is 59.8 Å². The van der Waals surface area contributed by atoms with Crippen molar-refractivity contribution in [2.24, 2.45) is 0 Å². The molecule has 0 fully saturated rings. The molecule has 0 saturated heterocycles. The Bertz CT molecular complexity index is 3440. The lowest BCUT2D eigenvalue weighted by Crippen LogP contribution is -2.06. The fraction of sp³-hybridized carbons (Fsp3) is 0.217. The van der Waals surface area contributed by atoms with Gasteiger partial charge in [0.15, 0.2) is 0 Å². The molecule has 0 atom stereocenters. The quantitative estimate of drug-likeness (QED) is 0.0160. The summed E-state index contributed by atoms with van der Waals surface area (Å²) in [6.45, 7) is 22.1. The van der Waals surface area contributed by atoms with Crippen LogP contribution in [0.25, 0.3) is 21.5 Å². The summed E-state index contributed by atoms with van der Waals surface area (Å²) in [5.41, 5.74) is 1.86. The predicted molar refractivity (Wildman–Crippen MR) is 340 cm³/mol. The van der Waals surface area contributed by atoms with Gasteiger partial charge in [0.2, 0.25) is 0 Å². The molecule has 0 aliphatic rings.